The van der Waals surface area contributed by atoms with Crippen molar-refractivity contribution >= 4 is 45.6 Å². The van der Waals surface area contributed by atoms with Gasteiger partial charge in [-0.2, -0.15) is 0 Å². The van der Waals surface area contributed by atoms with E-state index in [1.54, 1.807) is 16.2 Å². The third kappa shape index (κ3) is 3.72. The van der Waals surface area contributed by atoms with E-state index in [9.17, 15) is 14.4 Å². The SMILES string of the molecule is CC(=O)Nc1c2n(c3ccccc13)CC(C)(C(=O)NC1CCCC1)N(Cc1cccs1)C2=O. The van der Waals surface area contributed by atoms with Crippen LogP contribution in [0.25, 0.3) is 10.9 Å². The second kappa shape index (κ2) is 8.33. The summed E-state index contributed by atoms with van der Waals surface area (Å²) in [7, 11) is 0. The zero-order valence-corrected chi connectivity index (χ0v) is 19.7. The molecule has 2 aliphatic rings. The molecule has 172 valence electrons. The third-order valence-electron chi connectivity index (χ3n) is 6.86. The van der Waals surface area contributed by atoms with Crippen molar-refractivity contribution in [1.29, 1.82) is 0 Å². The van der Waals surface area contributed by atoms with E-state index >= 15 is 0 Å². The van der Waals surface area contributed by atoms with Crippen LogP contribution in [0.4, 0.5) is 5.69 Å². The first-order chi connectivity index (χ1) is 15.9. The van der Waals surface area contributed by atoms with Crippen LogP contribution in [-0.2, 0) is 22.7 Å². The monoisotopic (exact) mass is 464 g/mol. The van der Waals surface area contributed by atoms with Gasteiger partial charge in [0.05, 0.1) is 24.3 Å². The number of carbonyl (C=O) groups excluding carboxylic acids is 3. The summed E-state index contributed by atoms with van der Waals surface area (Å²) in [4.78, 5) is 42.5. The van der Waals surface area contributed by atoms with Gasteiger partial charge in [0.1, 0.15) is 11.2 Å². The molecule has 0 saturated heterocycles. The molecule has 5 rings (SSSR count). The summed E-state index contributed by atoms with van der Waals surface area (Å²) in [5.41, 5.74) is 0.707. The predicted octanol–water partition coefficient (Wildman–Crippen LogP) is 4.13. The van der Waals surface area contributed by atoms with E-state index in [0.717, 1.165) is 41.5 Å². The highest BCUT2D eigenvalue weighted by atomic mass is 32.1. The third-order valence-corrected chi connectivity index (χ3v) is 7.72. The summed E-state index contributed by atoms with van der Waals surface area (Å²) in [6.45, 7) is 3.96. The number of hydrogen-bond donors (Lipinski definition) is 2. The van der Waals surface area contributed by atoms with Gasteiger partial charge in [0.15, 0.2) is 0 Å². The van der Waals surface area contributed by atoms with Crippen molar-refractivity contribution in [2.45, 2.75) is 64.2 Å². The maximum atomic E-state index is 14.1. The fourth-order valence-electron chi connectivity index (χ4n) is 5.15. The molecule has 3 amide bonds. The minimum Gasteiger partial charge on any atom is -0.351 e. The van der Waals surface area contributed by atoms with Crippen LogP contribution in [0, 0.1) is 0 Å². The summed E-state index contributed by atoms with van der Waals surface area (Å²) in [5.74, 6) is -0.610. The van der Waals surface area contributed by atoms with Crippen LogP contribution >= 0.6 is 11.3 Å². The van der Waals surface area contributed by atoms with Crippen LogP contribution < -0.4 is 10.6 Å². The van der Waals surface area contributed by atoms with Crippen molar-refractivity contribution in [3.05, 3.63) is 52.3 Å². The number of thiophene rings is 1. The highest BCUT2D eigenvalue weighted by Crippen LogP contribution is 2.39. The Hall–Kier alpha value is -3.13. The molecular formula is C25H28N4O3S. The van der Waals surface area contributed by atoms with Gasteiger partial charge in [0.2, 0.25) is 11.8 Å². The van der Waals surface area contributed by atoms with Crippen molar-refractivity contribution in [3.63, 3.8) is 0 Å². The first kappa shape index (κ1) is 21.7. The van der Waals surface area contributed by atoms with E-state index in [1.807, 2.05) is 53.3 Å². The van der Waals surface area contributed by atoms with Gasteiger partial charge in [-0.1, -0.05) is 37.1 Å². The van der Waals surface area contributed by atoms with E-state index in [0.29, 0.717) is 24.5 Å². The van der Waals surface area contributed by atoms with Crippen molar-refractivity contribution in [2.24, 2.45) is 0 Å². The normalized spacial score (nSPS) is 20.8. The summed E-state index contributed by atoms with van der Waals surface area (Å²) < 4.78 is 1.90. The second-order valence-electron chi connectivity index (χ2n) is 9.21. The van der Waals surface area contributed by atoms with Crippen molar-refractivity contribution in [3.8, 4) is 0 Å². The molecule has 1 atom stereocenters. The zero-order chi connectivity index (χ0) is 23.2. The molecular weight excluding hydrogens is 436 g/mol. The summed E-state index contributed by atoms with van der Waals surface area (Å²) in [6.07, 6.45) is 4.19. The summed E-state index contributed by atoms with van der Waals surface area (Å²) in [6, 6.07) is 11.7. The fourth-order valence-corrected chi connectivity index (χ4v) is 5.84. The van der Waals surface area contributed by atoms with E-state index in [-0.39, 0.29) is 23.8 Å². The van der Waals surface area contributed by atoms with Gasteiger partial charge >= 0.3 is 0 Å². The molecule has 2 N–H and O–H groups in total. The minimum atomic E-state index is -1.06. The van der Waals surface area contributed by atoms with E-state index in [2.05, 4.69) is 10.6 Å². The van der Waals surface area contributed by atoms with Crippen LogP contribution in [0.2, 0.25) is 0 Å². The Labute approximate surface area is 196 Å². The molecule has 8 heteroatoms. The highest BCUT2D eigenvalue weighted by molar-refractivity contribution is 7.09. The lowest BCUT2D eigenvalue weighted by Crippen LogP contribution is -2.64. The van der Waals surface area contributed by atoms with Crippen molar-refractivity contribution in [2.75, 3.05) is 5.32 Å². The number of amides is 3. The number of benzene rings is 1. The average Bonchev–Trinajstić information content (AvgIpc) is 3.53. The lowest BCUT2D eigenvalue weighted by atomic mass is 9.93. The Morgan fingerprint density at radius 1 is 1.15 bits per heavy atom. The number of nitrogens with zero attached hydrogens (tertiary/aromatic N) is 2. The Morgan fingerprint density at radius 3 is 2.61 bits per heavy atom. The van der Waals surface area contributed by atoms with E-state index in [4.69, 9.17) is 0 Å². The molecule has 1 aliphatic carbocycles. The minimum absolute atomic E-state index is 0.121. The quantitative estimate of drug-likeness (QED) is 0.595. The standard InChI is InChI=1S/C25H28N4O3S/c1-16(30)26-21-19-11-5-6-12-20(19)28-15-25(2,24(32)27-17-8-3-4-9-17)29(23(31)22(21)28)14-18-10-7-13-33-18/h5-7,10-13,17H,3-4,8-9,14-15H2,1-2H3,(H,26,30)(H,27,32). The van der Waals surface area contributed by atoms with Crippen LogP contribution in [0.5, 0.6) is 0 Å². The summed E-state index contributed by atoms with van der Waals surface area (Å²) >= 11 is 1.56. The fraction of sp³-hybridized carbons (Fsp3) is 0.400. The van der Waals surface area contributed by atoms with Crippen LogP contribution in [0.3, 0.4) is 0 Å². The van der Waals surface area contributed by atoms with Gasteiger partial charge in [-0.3, -0.25) is 14.4 Å². The molecule has 33 heavy (non-hydrogen) atoms. The molecule has 3 aromatic rings. The average molecular weight is 465 g/mol. The molecule has 1 fully saturated rings. The number of hydrogen-bond acceptors (Lipinski definition) is 4. The van der Waals surface area contributed by atoms with Crippen molar-refractivity contribution < 1.29 is 14.4 Å². The molecule has 1 aromatic carbocycles. The van der Waals surface area contributed by atoms with Crippen LogP contribution in [0.1, 0.15) is 54.9 Å². The van der Waals surface area contributed by atoms with E-state index in [1.165, 1.54) is 6.92 Å². The van der Waals surface area contributed by atoms with Crippen LogP contribution in [0.15, 0.2) is 41.8 Å². The Kier molecular flexibility index (Phi) is 5.48. The number of fused-ring (bicyclic) bond motifs is 3. The first-order valence-electron chi connectivity index (χ1n) is 11.4. The van der Waals surface area contributed by atoms with Gasteiger partial charge in [0.25, 0.3) is 5.91 Å². The number of carbonyl (C=O) groups is 3. The maximum Gasteiger partial charge on any atom is 0.273 e. The van der Waals surface area contributed by atoms with E-state index < -0.39 is 5.54 Å². The zero-order valence-electron chi connectivity index (χ0n) is 18.9. The smallest absolute Gasteiger partial charge is 0.273 e. The van der Waals surface area contributed by atoms with Gasteiger partial charge in [-0.15, -0.1) is 11.3 Å². The lowest BCUT2D eigenvalue weighted by Gasteiger charge is -2.44. The Morgan fingerprint density at radius 2 is 1.91 bits per heavy atom. The maximum absolute atomic E-state index is 14.1. The molecule has 1 unspecified atom stereocenters. The number of para-hydroxylation sites is 1. The predicted molar refractivity (Wildman–Crippen MR) is 129 cm³/mol. The number of nitrogens with one attached hydrogen (secondary N) is 2. The number of anilines is 1. The van der Waals surface area contributed by atoms with Gasteiger partial charge in [-0.05, 0) is 37.3 Å². The molecule has 2 aromatic heterocycles. The summed E-state index contributed by atoms with van der Waals surface area (Å²) in [5, 5.41) is 8.87. The van der Waals surface area contributed by atoms with Crippen molar-refractivity contribution in [1.82, 2.24) is 14.8 Å². The van der Waals surface area contributed by atoms with Crippen LogP contribution in [-0.4, -0.2) is 38.8 Å². The van der Waals surface area contributed by atoms with Gasteiger partial charge in [-0.25, -0.2) is 0 Å². The molecule has 0 spiro atoms. The molecule has 1 aliphatic heterocycles. The molecule has 0 bridgehead atoms. The van der Waals surface area contributed by atoms with Gasteiger partial charge < -0.3 is 20.1 Å². The largest absolute Gasteiger partial charge is 0.351 e. The van der Waals surface area contributed by atoms with Gasteiger partial charge in [0, 0.05) is 23.2 Å². The highest BCUT2D eigenvalue weighted by Gasteiger charge is 2.49. The molecule has 7 nitrogen and oxygen atoms in total. The molecule has 0 radical (unpaired) electrons. The Balaban J connectivity index is 1.64. The first-order valence-corrected chi connectivity index (χ1v) is 12.3. The molecule has 3 heterocycles. The topological polar surface area (TPSA) is 83.4 Å². The Bertz CT molecular complexity index is 1230. The number of aromatic nitrogens is 1. The second-order valence-corrected chi connectivity index (χ2v) is 10.2. The molecule has 1 saturated carbocycles. The number of rotatable bonds is 5. The lowest BCUT2D eigenvalue weighted by molar-refractivity contribution is -0.133.